The number of hydrogen-bond acceptors (Lipinski definition) is 3. The fraction of sp³-hybridized carbons (Fsp3) is 0.263. The molecular formula is C19H20FN3O2. The summed E-state index contributed by atoms with van der Waals surface area (Å²) in [4.78, 5) is 26.4. The molecule has 0 fully saturated rings. The molecule has 1 heterocycles. The molecule has 1 atom stereocenters. The van der Waals surface area contributed by atoms with E-state index in [0.29, 0.717) is 17.1 Å². The van der Waals surface area contributed by atoms with Gasteiger partial charge in [-0.25, -0.2) is 4.39 Å². The number of nitrogens with zero attached hydrogens (tertiary/aromatic N) is 1. The van der Waals surface area contributed by atoms with Crippen molar-refractivity contribution in [3.63, 3.8) is 0 Å². The van der Waals surface area contributed by atoms with Crippen LogP contribution in [-0.4, -0.2) is 24.4 Å². The van der Waals surface area contributed by atoms with Crippen LogP contribution in [0.25, 0.3) is 0 Å². The first-order chi connectivity index (χ1) is 12.0. The minimum Gasteiger partial charge on any atom is -0.376 e. The summed E-state index contributed by atoms with van der Waals surface area (Å²) < 4.78 is 13.4. The lowest BCUT2D eigenvalue weighted by Crippen LogP contribution is -2.42. The van der Waals surface area contributed by atoms with Crippen molar-refractivity contribution in [3.8, 4) is 0 Å². The summed E-state index contributed by atoms with van der Waals surface area (Å²) in [7, 11) is 0. The summed E-state index contributed by atoms with van der Waals surface area (Å²) in [5.74, 6) is -0.659. The zero-order valence-electron chi connectivity index (χ0n) is 14.2. The van der Waals surface area contributed by atoms with Crippen molar-refractivity contribution in [1.82, 2.24) is 0 Å². The molecule has 25 heavy (non-hydrogen) atoms. The minimum atomic E-state index is -0.358. The van der Waals surface area contributed by atoms with Gasteiger partial charge in [0.15, 0.2) is 0 Å². The highest BCUT2D eigenvalue weighted by molar-refractivity contribution is 6.05. The predicted octanol–water partition coefficient (Wildman–Crippen LogP) is 3.31. The molecule has 1 aliphatic rings. The second-order valence-corrected chi connectivity index (χ2v) is 6.20. The summed E-state index contributed by atoms with van der Waals surface area (Å²) in [6, 6.07) is 11.4. The van der Waals surface area contributed by atoms with Gasteiger partial charge in [0.05, 0.1) is 17.9 Å². The van der Waals surface area contributed by atoms with Crippen LogP contribution in [0.15, 0.2) is 42.5 Å². The molecule has 2 N–H and O–H groups in total. The van der Waals surface area contributed by atoms with Crippen molar-refractivity contribution in [3.05, 3.63) is 53.8 Å². The Morgan fingerprint density at radius 3 is 2.88 bits per heavy atom. The van der Waals surface area contributed by atoms with Crippen LogP contribution in [0.5, 0.6) is 0 Å². The van der Waals surface area contributed by atoms with Gasteiger partial charge in [0.25, 0.3) is 0 Å². The molecule has 130 valence electrons. The first-order valence-electron chi connectivity index (χ1n) is 8.16. The van der Waals surface area contributed by atoms with Gasteiger partial charge in [0, 0.05) is 18.2 Å². The number of amides is 2. The van der Waals surface area contributed by atoms with Crippen molar-refractivity contribution in [2.75, 3.05) is 22.1 Å². The summed E-state index contributed by atoms with van der Waals surface area (Å²) in [6.45, 7) is 3.70. The van der Waals surface area contributed by atoms with Crippen molar-refractivity contribution in [2.24, 2.45) is 0 Å². The van der Waals surface area contributed by atoms with Crippen LogP contribution in [0.3, 0.4) is 0 Å². The largest absolute Gasteiger partial charge is 0.376 e. The smallest absolute Gasteiger partial charge is 0.246 e. The minimum absolute atomic E-state index is 0.0111. The Morgan fingerprint density at radius 1 is 1.32 bits per heavy atom. The molecule has 3 rings (SSSR count). The van der Waals surface area contributed by atoms with Gasteiger partial charge in [-0.2, -0.15) is 0 Å². The third kappa shape index (κ3) is 3.63. The van der Waals surface area contributed by atoms with Crippen LogP contribution < -0.4 is 15.5 Å². The monoisotopic (exact) mass is 341 g/mol. The zero-order valence-corrected chi connectivity index (χ0v) is 14.2. The molecule has 0 aromatic heterocycles. The molecule has 2 amide bonds. The van der Waals surface area contributed by atoms with Gasteiger partial charge >= 0.3 is 0 Å². The van der Waals surface area contributed by atoms with Crippen LogP contribution in [0.1, 0.15) is 18.9 Å². The second-order valence-electron chi connectivity index (χ2n) is 6.20. The number of aryl methyl sites for hydroxylation is 1. The lowest BCUT2D eigenvalue weighted by Gasteiger charge is -2.28. The lowest BCUT2D eigenvalue weighted by molar-refractivity contribution is -0.118. The molecule has 6 heteroatoms. The molecule has 1 aliphatic heterocycles. The highest BCUT2D eigenvalue weighted by Gasteiger charge is 2.29. The van der Waals surface area contributed by atoms with E-state index < -0.39 is 0 Å². The Morgan fingerprint density at radius 2 is 2.08 bits per heavy atom. The van der Waals surface area contributed by atoms with E-state index in [1.807, 2.05) is 32.0 Å². The Hall–Kier alpha value is -2.89. The molecule has 0 bridgehead atoms. The number of nitrogens with one attached hydrogen (secondary N) is 2. The number of carbonyl (C=O) groups excluding carboxylic acids is 2. The maximum absolute atomic E-state index is 13.4. The van der Waals surface area contributed by atoms with Crippen LogP contribution in [0.2, 0.25) is 0 Å². The number of anilines is 3. The topological polar surface area (TPSA) is 61.4 Å². The molecule has 0 saturated carbocycles. The third-order valence-electron chi connectivity index (χ3n) is 4.26. The first-order valence-corrected chi connectivity index (χ1v) is 8.16. The molecule has 2 aromatic carbocycles. The Labute approximate surface area is 145 Å². The quantitative estimate of drug-likeness (QED) is 0.900. The molecule has 0 aliphatic carbocycles. The van der Waals surface area contributed by atoms with Gasteiger partial charge in [-0.05, 0) is 43.7 Å². The molecule has 0 unspecified atom stereocenters. The molecule has 0 spiro atoms. The maximum Gasteiger partial charge on any atom is 0.246 e. The number of para-hydroxylation sites is 2. The molecule has 0 saturated heterocycles. The SMILES string of the molecule is Cc1ccc(F)cc1NCC(=O)N1c2ccccc2NC(=O)C[C@H]1C. The van der Waals surface area contributed by atoms with Crippen LogP contribution in [-0.2, 0) is 9.59 Å². The zero-order chi connectivity index (χ0) is 18.0. The third-order valence-corrected chi connectivity index (χ3v) is 4.26. The fourth-order valence-corrected chi connectivity index (χ4v) is 3.01. The van der Waals surface area contributed by atoms with Crippen molar-refractivity contribution < 1.29 is 14.0 Å². The van der Waals surface area contributed by atoms with Crippen LogP contribution >= 0.6 is 0 Å². The number of hydrogen-bond donors (Lipinski definition) is 2. The average molecular weight is 341 g/mol. The molecular weight excluding hydrogens is 321 g/mol. The summed E-state index contributed by atoms with van der Waals surface area (Å²) >= 11 is 0. The number of rotatable bonds is 3. The van der Waals surface area contributed by atoms with E-state index in [1.54, 1.807) is 17.0 Å². The summed E-state index contributed by atoms with van der Waals surface area (Å²) in [6.07, 6.45) is 0.222. The summed E-state index contributed by atoms with van der Waals surface area (Å²) in [5.41, 5.74) is 2.73. The van der Waals surface area contributed by atoms with Crippen molar-refractivity contribution in [1.29, 1.82) is 0 Å². The van der Waals surface area contributed by atoms with Crippen molar-refractivity contribution in [2.45, 2.75) is 26.3 Å². The molecule has 5 nitrogen and oxygen atoms in total. The normalized spacial score (nSPS) is 16.7. The number of benzene rings is 2. The first kappa shape index (κ1) is 17.0. The number of halogens is 1. The van der Waals surface area contributed by atoms with Gasteiger partial charge in [-0.1, -0.05) is 18.2 Å². The van der Waals surface area contributed by atoms with E-state index in [-0.39, 0.29) is 36.6 Å². The highest BCUT2D eigenvalue weighted by Crippen LogP contribution is 2.31. The van der Waals surface area contributed by atoms with Gasteiger partial charge in [-0.15, -0.1) is 0 Å². The second kappa shape index (κ2) is 6.93. The average Bonchev–Trinajstić information content (AvgIpc) is 2.69. The Bertz CT molecular complexity index is 822. The van der Waals surface area contributed by atoms with Crippen LogP contribution in [0.4, 0.5) is 21.5 Å². The van der Waals surface area contributed by atoms with Gasteiger partial charge < -0.3 is 15.5 Å². The van der Waals surface area contributed by atoms with Gasteiger partial charge in [-0.3, -0.25) is 9.59 Å². The predicted molar refractivity (Wildman–Crippen MR) is 96.3 cm³/mol. The molecule has 2 aromatic rings. The van der Waals surface area contributed by atoms with Gasteiger partial charge in [0.1, 0.15) is 5.82 Å². The van der Waals surface area contributed by atoms with Gasteiger partial charge in [0.2, 0.25) is 11.8 Å². The van der Waals surface area contributed by atoms with Crippen LogP contribution in [0, 0.1) is 12.7 Å². The molecule has 0 radical (unpaired) electrons. The Kier molecular flexibility index (Phi) is 4.70. The van der Waals surface area contributed by atoms with E-state index in [4.69, 9.17) is 0 Å². The van der Waals surface area contributed by atoms with E-state index in [1.165, 1.54) is 12.1 Å². The fourth-order valence-electron chi connectivity index (χ4n) is 3.01. The van der Waals surface area contributed by atoms with E-state index in [2.05, 4.69) is 10.6 Å². The lowest BCUT2D eigenvalue weighted by atomic mass is 10.1. The van der Waals surface area contributed by atoms with E-state index in [9.17, 15) is 14.0 Å². The highest BCUT2D eigenvalue weighted by atomic mass is 19.1. The standard InChI is InChI=1S/C19H20FN3O2/c1-12-7-8-14(20)10-16(12)21-11-19(25)23-13(2)9-18(24)22-15-5-3-4-6-17(15)23/h3-8,10,13,21H,9,11H2,1-2H3,(H,22,24)/t13-/m1/s1. The maximum atomic E-state index is 13.4. The number of carbonyl (C=O) groups is 2. The number of fused-ring (bicyclic) bond motifs is 1. The summed E-state index contributed by atoms with van der Waals surface area (Å²) in [5, 5.41) is 5.82. The van der Waals surface area contributed by atoms with E-state index in [0.717, 1.165) is 5.56 Å². The Balaban J connectivity index is 1.83. The van der Waals surface area contributed by atoms with E-state index >= 15 is 0 Å². The van der Waals surface area contributed by atoms with Crippen molar-refractivity contribution >= 4 is 28.9 Å².